The van der Waals surface area contributed by atoms with Crippen LogP contribution in [0.4, 0.5) is 4.39 Å². The number of unbranched alkanes of at least 4 members (excludes halogenated alkanes) is 3. The standard InChI is InChI=1S/C13H5Cl2FN3O2.3C4H9.Sn/c14-8-1-2-9(19-6-11(15)17-18-19)12(13(8)16)10-5-7(20)3-4-21-10;3*1-3-4-2;/h1-2,4-6H;3*1,3-4H2,2H3;. The summed E-state index contributed by atoms with van der Waals surface area (Å²) in [4.78, 5) is 13.6. The quantitative estimate of drug-likeness (QED) is 0.200. The third-order valence-corrected chi connectivity index (χ3v) is 22.4. The van der Waals surface area contributed by atoms with Crippen molar-refractivity contribution in [2.24, 2.45) is 0 Å². The predicted octanol–water partition coefficient (Wildman–Crippen LogP) is 7.39. The first kappa shape index (κ1) is 27.2. The normalized spacial score (nSPS) is 11.8. The van der Waals surface area contributed by atoms with E-state index in [1.54, 1.807) is 12.3 Å². The van der Waals surface area contributed by atoms with E-state index in [9.17, 15) is 4.79 Å². The van der Waals surface area contributed by atoms with Crippen LogP contribution in [0.25, 0.3) is 17.0 Å². The van der Waals surface area contributed by atoms with Crippen molar-refractivity contribution >= 4 is 45.2 Å². The molecule has 0 atom stereocenters. The first-order valence-electron chi connectivity index (χ1n) is 12.1. The molecule has 3 aromatic rings. The molecular weight excluding hydrogens is 583 g/mol. The molecule has 0 bridgehead atoms. The van der Waals surface area contributed by atoms with Crippen molar-refractivity contribution in [1.82, 2.24) is 15.0 Å². The van der Waals surface area contributed by atoms with Crippen LogP contribution in [0, 0.1) is 5.82 Å². The van der Waals surface area contributed by atoms with E-state index in [0.29, 0.717) is 5.69 Å². The number of halogens is 3. The van der Waals surface area contributed by atoms with Gasteiger partial charge in [-0.3, -0.25) is 0 Å². The molecule has 0 aliphatic heterocycles. The monoisotopic (exact) mass is 615 g/mol. The Morgan fingerprint density at radius 1 is 1.03 bits per heavy atom. The summed E-state index contributed by atoms with van der Waals surface area (Å²) in [6.07, 6.45) is 9.81. The molecule has 0 spiro atoms. The van der Waals surface area contributed by atoms with E-state index in [0.717, 1.165) is 55.4 Å². The Morgan fingerprint density at radius 3 is 2.15 bits per heavy atom. The van der Waals surface area contributed by atoms with Gasteiger partial charge in [-0.2, -0.15) is 0 Å². The van der Waals surface area contributed by atoms with E-state index in [1.165, 1.54) is 23.0 Å². The number of rotatable bonds is 12. The first-order valence-corrected chi connectivity index (χ1v) is 20.3. The molecule has 0 aliphatic rings. The van der Waals surface area contributed by atoms with Crippen molar-refractivity contribution in [2.45, 2.75) is 72.6 Å². The summed E-state index contributed by atoms with van der Waals surface area (Å²) in [5.74, 6) is -0.559. The van der Waals surface area contributed by atoms with Gasteiger partial charge in [0.25, 0.3) is 0 Å². The second-order valence-corrected chi connectivity index (χ2v) is 22.8. The third kappa shape index (κ3) is 6.05. The summed E-state index contributed by atoms with van der Waals surface area (Å²) in [6.45, 7) is 6.59. The average Bonchev–Trinajstić information content (AvgIpc) is 3.26. The van der Waals surface area contributed by atoms with E-state index in [1.807, 2.05) is 0 Å². The number of aromatic nitrogens is 3. The van der Waals surface area contributed by atoms with Gasteiger partial charge in [0.15, 0.2) is 0 Å². The Labute approximate surface area is 214 Å². The van der Waals surface area contributed by atoms with E-state index < -0.39 is 24.2 Å². The van der Waals surface area contributed by atoms with Gasteiger partial charge in [0.1, 0.15) is 0 Å². The topological polar surface area (TPSA) is 60.9 Å². The maximum absolute atomic E-state index is 15.2. The fourth-order valence-electron chi connectivity index (χ4n) is 4.58. The van der Waals surface area contributed by atoms with Gasteiger partial charge in [-0.25, -0.2) is 0 Å². The molecule has 0 saturated carbocycles. The molecule has 0 N–H and O–H groups in total. The molecule has 0 aliphatic carbocycles. The third-order valence-electron chi connectivity index (χ3n) is 6.46. The Kier molecular flexibility index (Phi) is 10.0. The van der Waals surface area contributed by atoms with Crippen molar-refractivity contribution in [3.8, 4) is 17.0 Å². The average molecular weight is 615 g/mol. The fraction of sp³-hybridized carbons (Fsp3) is 0.480. The Hall–Kier alpha value is -1.38. The van der Waals surface area contributed by atoms with Crippen LogP contribution < -0.4 is 9.01 Å². The zero-order valence-corrected chi connectivity index (χ0v) is 24.4. The van der Waals surface area contributed by atoms with Gasteiger partial charge in [-0.15, -0.1) is 0 Å². The molecule has 34 heavy (non-hydrogen) atoms. The molecule has 0 amide bonds. The summed E-state index contributed by atoms with van der Waals surface area (Å²) in [5, 5.41) is 7.80. The molecule has 0 radical (unpaired) electrons. The zero-order valence-electron chi connectivity index (χ0n) is 20.0. The molecule has 0 saturated heterocycles. The van der Waals surface area contributed by atoms with Gasteiger partial charge >= 0.3 is 215 Å². The Bertz CT molecular complexity index is 1140. The molecule has 0 fully saturated rings. The fourth-order valence-corrected chi connectivity index (χ4v) is 20.7. The second-order valence-electron chi connectivity index (χ2n) is 8.85. The number of benzene rings is 1. The zero-order chi connectivity index (χ0) is 24.7. The van der Waals surface area contributed by atoms with Crippen LogP contribution in [-0.4, -0.2) is 33.4 Å². The van der Waals surface area contributed by atoms with Crippen LogP contribution >= 0.6 is 23.2 Å². The van der Waals surface area contributed by atoms with E-state index in [2.05, 4.69) is 31.1 Å². The van der Waals surface area contributed by atoms with Crippen LogP contribution in [0.2, 0.25) is 23.5 Å². The van der Waals surface area contributed by atoms with Crippen LogP contribution in [-0.2, 0) is 0 Å². The first-order chi connectivity index (χ1) is 16.4. The van der Waals surface area contributed by atoms with Crippen molar-refractivity contribution in [1.29, 1.82) is 0 Å². The second kappa shape index (κ2) is 12.5. The molecular formula is C25H32Cl2FN3O2Sn. The van der Waals surface area contributed by atoms with Gasteiger partial charge in [0.2, 0.25) is 0 Å². The maximum atomic E-state index is 15.2. The van der Waals surface area contributed by atoms with E-state index in [-0.39, 0.29) is 26.9 Å². The van der Waals surface area contributed by atoms with Gasteiger partial charge in [0.05, 0.1) is 0 Å². The summed E-state index contributed by atoms with van der Waals surface area (Å²) < 4.78 is 26.9. The van der Waals surface area contributed by atoms with Crippen LogP contribution in [0.1, 0.15) is 59.3 Å². The van der Waals surface area contributed by atoms with Crippen molar-refractivity contribution in [3.05, 3.63) is 56.9 Å². The minimum atomic E-state index is -3.01. The van der Waals surface area contributed by atoms with Gasteiger partial charge in [-0.05, 0) is 0 Å². The van der Waals surface area contributed by atoms with Crippen molar-refractivity contribution < 1.29 is 8.81 Å². The summed E-state index contributed by atoms with van der Waals surface area (Å²) >= 11 is 9.00. The summed E-state index contributed by atoms with van der Waals surface area (Å²) in [7, 11) is 0. The number of hydrogen-bond donors (Lipinski definition) is 0. The van der Waals surface area contributed by atoms with Crippen LogP contribution in [0.15, 0.2) is 39.9 Å². The Morgan fingerprint density at radius 2 is 1.65 bits per heavy atom. The molecule has 2 aromatic heterocycles. The SMILES string of the molecule is CCC[CH2][Sn]([CH2]CCC)([CH2]CCC)[c]1coc(-c2c(-n3cc(Cl)nn3)ccc(Cl)c2F)cc1=O. The molecule has 184 valence electrons. The molecule has 3 rings (SSSR count). The molecule has 5 nitrogen and oxygen atoms in total. The van der Waals surface area contributed by atoms with E-state index >= 15 is 4.39 Å². The Balaban J connectivity index is 2.14. The number of nitrogens with zero attached hydrogens (tertiary/aromatic N) is 3. The van der Waals surface area contributed by atoms with Crippen molar-refractivity contribution in [3.63, 3.8) is 0 Å². The molecule has 1 aromatic carbocycles. The van der Waals surface area contributed by atoms with Crippen LogP contribution in [0.3, 0.4) is 0 Å². The predicted molar refractivity (Wildman–Crippen MR) is 140 cm³/mol. The van der Waals surface area contributed by atoms with Gasteiger partial charge in [0, 0.05) is 0 Å². The minimum absolute atomic E-state index is 0.0534. The van der Waals surface area contributed by atoms with E-state index in [4.69, 9.17) is 27.6 Å². The van der Waals surface area contributed by atoms with Gasteiger partial charge < -0.3 is 0 Å². The molecule has 0 unspecified atom stereocenters. The van der Waals surface area contributed by atoms with Crippen molar-refractivity contribution in [2.75, 3.05) is 0 Å². The van der Waals surface area contributed by atoms with Crippen LogP contribution in [0.5, 0.6) is 0 Å². The molecule has 9 heteroatoms. The number of hydrogen-bond acceptors (Lipinski definition) is 4. The molecule has 2 heterocycles. The summed E-state index contributed by atoms with van der Waals surface area (Å²) in [6, 6.07) is 4.47. The summed E-state index contributed by atoms with van der Waals surface area (Å²) in [5.41, 5.74) is 0.353. The van der Waals surface area contributed by atoms with Gasteiger partial charge in [-0.1, -0.05) is 0 Å².